The van der Waals surface area contributed by atoms with Gasteiger partial charge in [0, 0.05) is 31.1 Å². The van der Waals surface area contributed by atoms with Crippen molar-refractivity contribution >= 4 is 17.2 Å². The summed E-state index contributed by atoms with van der Waals surface area (Å²) in [5.74, 6) is 0.695. The number of hydrogen-bond acceptors (Lipinski definition) is 6. The highest BCUT2D eigenvalue weighted by molar-refractivity contribution is 7.13. The standard InChI is InChI=1S/C18H18N4O3S/c1-11-8-14(25-21-11)18(24)22-6-2-4-12(10-22)17-19-13(9-16(23)20-17)15-5-3-7-26-15/h3,5,7-9,12H,2,4,6,10H2,1H3,(H,19,20,23). The number of aromatic amines is 1. The van der Waals surface area contributed by atoms with Crippen LogP contribution < -0.4 is 5.56 Å². The van der Waals surface area contributed by atoms with Crippen molar-refractivity contribution < 1.29 is 9.32 Å². The van der Waals surface area contributed by atoms with E-state index in [1.807, 2.05) is 17.5 Å². The molecule has 1 saturated heterocycles. The number of likely N-dealkylation sites (tertiary alicyclic amines) is 1. The lowest BCUT2D eigenvalue weighted by molar-refractivity contribution is 0.0662. The van der Waals surface area contributed by atoms with Gasteiger partial charge in [0.05, 0.1) is 16.3 Å². The highest BCUT2D eigenvalue weighted by Crippen LogP contribution is 2.27. The number of aromatic nitrogens is 3. The zero-order valence-corrected chi connectivity index (χ0v) is 15.1. The smallest absolute Gasteiger partial charge is 0.292 e. The lowest BCUT2D eigenvalue weighted by atomic mass is 9.96. The number of thiophene rings is 1. The van der Waals surface area contributed by atoms with Gasteiger partial charge in [0.1, 0.15) is 5.82 Å². The summed E-state index contributed by atoms with van der Waals surface area (Å²) in [7, 11) is 0. The lowest BCUT2D eigenvalue weighted by Gasteiger charge is -2.31. The molecule has 1 atom stereocenters. The monoisotopic (exact) mass is 370 g/mol. The molecule has 8 heteroatoms. The van der Waals surface area contributed by atoms with E-state index in [9.17, 15) is 9.59 Å². The normalized spacial score (nSPS) is 17.4. The van der Waals surface area contributed by atoms with Crippen LogP contribution in [0.3, 0.4) is 0 Å². The maximum Gasteiger partial charge on any atom is 0.292 e. The summed E-state index contributed by atoms with van der Waals surface area (Å²) < 4.78 is 5.09. The number of hydrogen-bond donors (Lipinski definition) is 1. The van der Waals surface area contributed by atoms with Gasteiger partial charge in [-0.25, -0.2) is 4.98 Å². The average molecular weight is 370 g/mol. The van der Waals surface area contributed by atoms with E-state index < -0.39 is 0 Å². The zero-order valence-electron chi connectivity index (χ0n) is 14.3. The van der Waals surface area contributed by atoms with Crippen LogP contribution in [-0.2, 0) is 0 Å². The Morgan fingerprint density at radius 2 is 2.31 bits per heavy atom. The van der Waals surface area contributed by atoms with E-state index in [0.29, 0.717) is 30.3 Å². The topological polar surface area (TPSA) is 92.1 Å². The van der Waals surface area contributed by atoms with Crippen molar-refractivity contribution in [3.05, 3.63) is 57.3 Å². The first kappa shape index (κ1) is 16.7. The van der Waals surface area contributed by atoms with Crippen LogP contribution in [-0.4, -0.2) is 39.0 Å². The molecule has 0 bridgehead atoms. The van der Waals surface area contributed by atoms with Crippen LogP contribution in [0.4, 0.5) is 0 Å². The number of H-pyrrole nitrogens is 1. The molecule has 0 spiro atoms. The first-order valence-corrected chi connectivity index (χ1v) is 9.36. The largest absolute Gasteiger partial charge is 0.351 e. The van der Waals surface area contributed by atoms with E-state index in [4.69, 9.17) is 4.52 Å². The molecule has 134 valence electrons. The Morgan fingerprint density at radius 1 is 1.42 bits per heavy atom. The van der Waals surface area contributed by atoms with Gasteiger partial charge >= 0.3 is 0 Å². The third-order valence-corrected chi connectivity index (χ3v) is 5.36. The number of rotatable bonds is 3. The van der Waals surface area contributed by atoms with Gasteiger partial charge in [-0.1, -0.05) is 11.2 Å². The molecule has 0 aliphatic carbocycles. The quantitative estimate of drug-likeness (QED) is 0.765. The van der Waals surface area contributed by atoms with Gasteiger partial charge in [-0.3, -0.25) is 9.59 Å². The fourth-order valence-electron chi connectivity index (χ4n) is 3.23. The molecule has 7 nitrogen and oxygen atoms in total. The average Bonchev–Trinajstić information content (AvgIpc) is 3.32. The minimum atomic E-state index is -0.174. The highest BCUT2D eigenvalue weighted by atomic mass is 32.1. The second-order valence-electron chi connectivity index (χ2n) is 6.42. The predicted octanol–water partition coefficient (Wildman–Crippen LogP) is 2.81. The van der Waals surface area contributed by atoms with Crippen molar-refractivity contribution in [1.82, 2.24) is 20.0 Å². The van der Waals surface area contributed by atoms with Gasteiger partial charge in [-0.2, -0.15) is 0 Å². The summed E-state index contributed by atoms with van der Waals surface area (Å²) in [5.41, 5.74) is 1.18. The van der Waals surface area contributed by atoms with Crippen molar-refractivity contribution in [2.45, 2.75) is 25.7 Å². The molecule has 1 fully saturated rings. The molecule has 0 radical (unpaired) electrons. The van der Waals surface area contributed by atoms with Crippen LogP contribution in [0.15, 0.2) is 39.0 Å². The molecule has 3 aromatic rings. The summed E-state index contributed by atoms with van der Waals surface area (Å²) in [6, 6.07) is 7.03. The van der Waals surface area contributed by atoms with Crippen molar-refractivity contribution in [2.75, 3.05) is 13.1 Å². The first-order chi connectivity index (χ1) is 12.6. The highest BCUT2D eigenvalue weighted by Gasteiger charge is 2.29. The Hall–Kier alpha value is -2.74. The van der Waals surface area contributed by atoms with E-state index in [1.165, 1.54) is 6.07 Å². The summed E-state index contributed by atoms with van der Waals surface area (Å²) in [6.07, 6.45) is 1.71. The summed E-state index contributed by atoms with van der Waals surface area (Å²) >= 11 is 1.55. The maximum atomic E-state index is 12.6. The molecule has 0 saturated carbocycles. The molecular weight excluding hydrogens is 352 g/mol. The van der Waals surface area contributed by atoms with E-state index in [-0.39, 0.29) is 23.1 Å². The van der Waals surface area contributed by atoms with Crippen molar-refractivity contribution in [2.24, 2.45) is 0 Å². The molecule has 1 amide bonds. The van der Waals surface area contributed by atoms with E-state index in [0.717, 1.165) is 17.7 Å². The number of nitrogens with zero attached hydrogens (tertiary/aromatic N) is 3. The third kappa shape index (κ3) is 3.32. The number of amides is 1. The summed E-state index contributed by atoms with van der Waals surface area (Å²) in [5, 5.41) is 5.74. The molecule has 1 unspecified atom stereocenters. The van der Waals surface area contributed by atoms with Gasteiger partial charge < -0.3 is 14.4 Å². The van der Waals surface area contributed by atoms with Crippen LogP contribution in [0.1, 0.15) is 40.8 Å². The molecule has 1 aliphatic heterocycles. The third-order valence-electron chi connectivity index (χ3n) is 4.47. The Labute approximate surface area is 153 Å². The number of carbonyl (C=O) groups is 1. The Balaban J connectivity index is 1.58. The fourth-order valence-corrected chi connectivity index (χ4v) is 3.91. The molecule has 0 aromatic carbocycles. The van der Waals surface area contributed by atoms with Gasteiger partial charge in [0.25, 0.3) is 11.5 Å². The van der Waals surface area contributed by atoms with Gasteiger partial charge in [-0.15, -0.1) is 11.3 Å². The molecule has 26 heavy (non-hydrogen) atoms. The van der Waals surface area contributed by atoms with E-state index in [1.54, 1.807) is 29.2 Å². The Kier molecular flexibility index (Phi) is 4.42. The second-order valence-corrected chi connectivity index (χ2v) is 7.36. The van der Waals surface area contributed by atoms with Crippen LogP contribution in [0.25, 0.3) is 10.6 Å². The molecule has 3 aromatic heterocycles. The zero-order chi connectivity index (χ0) is 18.1. The Morgan fingerprint density at radius 3 is 3.04 bits per heavy atom. The maximum absolute atomic E-state index is 12.6. The number of aryl methyl sites for hydroxylation is 1. The van der Waals surface area contributed by atoms with E-state index in [2.05, 4.69) is 15.1 Å². The van der Waals surface area contributed by atoms with Gasteiger partial charge in [0.2, 0.25) is 5.76 Å². The lowest BCUT2D eigenvalue weighted by Crippen LogP contribution is -2.39. The van der Waals surface area contributed by atoms with Crippen LogP contribution in [0.5, 0.6) is 0 Å². The van der Waals surface area contributed by atoms with Crippen LogP contribution in [0, 0.1) is 6.92 Å². The first-order valence-electron chi connectivity index (χ1n) is 8.48. The molecular formula is C18H18N4O3S. The van der Waals surface area contributed by atoms with Crippen molar-refractivity contribution in [1.29, 1.82) is 0 Å². The molecule has 4 heterocycles. The predicted molar refractivity (Wildman–Crippen MR) is 97.3 cm³/mol. The second kappa shape index (κ2) is 6.87. The Bertz CT molecular complexity index is 976. The number of carbonyl (C=O) groups excluding carboxylic acids is 1. The summed E-state index contributed by atoms with van der Waals surface area (Å²) in [6.45, 7) is 2.93. The fraction of sp³-hybridized carbons (Fsp3) is 0.333. The molecule has 1 N–H and O–H groups in total. The van der Waals surface area contributed by atoms with E-state index >= 15 is 0 Å². The number of nitrogens with one attached hydrogen (secondary N) is 1. The minimum absolute atomic E-state index is 0.00988. The minimum Gasteiger partial charge on any atom is -0.351 e. The molecule has 4 rings (SSSR count). The summed E-state index contributed by atoms with van der Waals surface area (Å²) in [4.78, 5) is 34.9. The van der Waals surface area contributed by atoms with Gasteiger partial charge in [0.15, 0.2) is 0 Å². The van der Waals surface area contributed by atoms with Crippen molar-refractivity contribution in [3.8, 4) is 10.6 Å². The SMILES string of the molecule is Cc1cc(C(=O)N2CCCC(c3nc(-c4cccs4)cc(=O)[nH]3)C2)on1. The van der Waals surface area contributed by atoms with Crippen LogP contribution >= 0.6 is 11.3 Å². The van der Waals surface area contributed by atoms with Crippen LogP contribution in [0.2, 0.25) is 0 Å². The van der Waals surface area contributed by atoms with Gasteiger partial charge in [-0.05, 0) is 31.2 Å². The van der Waals surface area contributed by atoms with Crippen molar-refractivity contribution in [3.63, 3.8) is 0 Å². The number of piperidine rings is 1. The molecule has 1 aliphatic rings.